The summed E-state index contributed by atoms with van der Waals surface area (Å²) in [5, 5.41) is 7.42. The monoisotopic (exact) mass is 701 g/mol. The third-order valence-electron chi connectivity index (χ3n) is 11.8. The maximum atomic E-state index is 5.32. The van der Waals surface area contributed by atoms with Crippen LogP contribution >= 0.6 is 0 Å². The van der Waals surface area contributed by atoms with Crippen LogP contribution in [0.1, 0.15) is 25.0 Å². The van der Waals surface area contributed by atoms with E-state index in [0.29, 0.717) is 5.82 Å². The van der Waals surface area contributed by atoms with E-state index >= 15 is 0 Å². The minimum absolute atomic E-state index is 0.0447. The molecule has 0 spiro atoms. The number of fused-ring (bicyclic) bond motifs is 3. The number of rotatable bonds is 5. The molecule has 0 aliphatic heterocycles. The molecule has 0 amide bonds. The SMILES string of the molecule is CC1(C)c2ccccc2-c2ccc(-c3ccc(-c4cc(-c5ccc(-c6cccnc6)cc5)nc(-c5ccc6ccc7cccc8ccc5c6c78)n4)cc3)cc21. The summed E-state index contributed by atoms with van der Waals surface area (Å²) in [4.78, 5) is 14.9. The smallest absolute Gasteiger partial charge is 0.161 e. The Balaban J connectivity index is 1.04. The average Bonchev–Trinajstić information content (AvgIpc) is 3.48. The predicted molar refractivity (Wildman–Crippen MR) is 228 cm³/mol. The first-order valence-corrected chi connectivity index (χ1v) is 18.9. The van der Waals surface area contributed by atoms with Crippen molar-refractivity contribution in [1.29, 1.82) is 0 Å². The van der Waals surface area contributed by atoms with E-state index in [9.17, 15) is 0 Å². The van der Waals surface area contributed by atoms with Crippen LogP contribution in [-0.4, -0.2) is 15.0 Å². The molecule has 0 saturated heterocycles. The second-order valence-corrected chi connectivity index (χ2v) is 15.3. The number of pyridine rings is 1. The molecular weight excluding hydrogens is 667 g/mol. The largest absolute Gasteiger partial charge is 0.264 e. The van der Waals surface area contributed by atoms with Gasteiger partial charge in [-0.3, -0.25) is 4.98 Å². The van der Waals surface area contributed by atoms with Crippen molar-refractivity contribution in [1.82, 2.24) is 15.0 Å². The molecule has 0 atom stereocenters. The van der Waals surface area contributed by atoms with Gasteiger partial charge < -0.3 is 0 Å². The lowest BCUT2D eigenvalue weighted by Crippen LogP contribution is -2.14. The van der Waals surface area contributed by atoms with Crippen LogP contribution < -0.4 is 0 Å². The minimum atomic E-state index is -0.0447. The normalized spacial score (nSPS) is 13.1. The molecule has 8 aromatic carbocycles. The fourth-order valence-electron chi connectivity index (χ4n) is 8.88. The summed E-state index contributed by atoms with van der Waals surface area (Å²) in [7, 11) is 0. The van der Waals surface area contributed by atoms with Gasteiger partial charge in [-0.1, -0.05) is 153 Å². The van der Waals surface area contributed by atoms with E-state index in [0.717, 1.165) is 44.6 Å². The van der Waals surface area contributed by atoms with E-state index in [2.05, 4.69) is 177 Å². The van der Waals surface area contributed by atoms with Crippen LogP contribution in [0.4, 0.5) is 0 Å². The van der Waals surface area contributed by atoms with Crippen molar-refractivity contribution in [3.63, 3.8) is 0 Å². The third-order valence-corrected chi connectivity index (χ3v) is 11.8. The Bertz CT molecular complexity index is 3070. The van der Waals surface area contributed by atoms with Crippen molar-refractivity contribution < 1.29 is 0 Å². The molecule has 11 rings (SSSR count). The van der Waals surface area contributed by atoms with Crippen LogP contribution in [-0.2, 0) is 5.41 Å². The van der Waals surface area contributed by atoms with Gasteiger partial charge in [0.05, 0.1) is 11.4 Å². The van der Waals surface area contributed by atoms with Gasteiger partial charge in [0.15, 0.2) is 5.82 Å². The molecule has 1 aliphatic carbocycles. The Morgan fingerprint density at radius 3 is 1.69 bits per heavy atom. The summed E-state index contributed by atoms with van der Waals surface area (Å²) < 4.78 is 0. The first-order valence-electron chi connectivity index (χ1n) is 18.9. The van der Waals surface area contributed by atoms with E-state index in [1.807, 2.05) is 12.3 Å². The average molecular weight is 702 g/mol. The lowest BCUT2D eigenvalue weighted by Gasteiger charge is -2.22. The number of nitrogens with zero attached hydrogens (tertiary/aromatic N) is 3. The molecule has 2 heterocycles. The highest BCUT2D eigenvalue weighted by Crippen LogP contribution is 2.49. The van der Waals surface area contributed by atoms with Crippen molar-refractivity contribution in [2.75, 3.05) is 0 Å². The predicted octanol–water partition coefficient (Wildman–Crippen LogP) is 13.4. The van der Waals surface area contributed by atoms with Gasteiger partial charge in [-0.15, -0.1) is 0 Å². The van der Waals surface area contributed by atoms with Crippen LogP contribution in [0.25, 0.3) is 99.6 Å². The zero-order valence-electron chi connectivity index (χ0n) is 30.6. The lowest BCUT2D eigenvalue weighted by molar-refractivity contribution is 0.660. The lowest BCUT2D eigenvalue weighted by atomic mass is 9.81. The molecule has 0 N–H and O–H groups in total. The Kier molecular flexibility index (Phi) is 6.90. The van der Waals surface area contributed by atoms with Crippen LogP contribution in [0.5, 0.6) is 0 Å². The summed E-state index contributed by atoms with van der Waals surface area (Å²) in [5.41, 5.74) is 14.9. The van der Waals surface area contributed by atoms with Gasteiger partial charge in [0.25, 0.3) is 0 Å². The van der Waals surface area contributed by atoms with Gasteiger partial charge in [0, 0.05) is 34.5 Å². The number of aromatic nitrogens is 3. The molecular formula is C52H35N3. The van der Waals surface area contributed by atoms with Crippen molar-refractivity contribution in [2.45, 2.75) is 19.3 Å². The molecule has 1 aliphatic rings. The maximum absolute atomic E-state index is 5.32. The highest BCUT2D eigenvalue weighted by atomic mass is 14.9. The molecule has 0 fully saturated rings. The molecule has 55 heavy (non-hydrogen) atoms. The topological polar surface area (TPSA) is 38.7 Å². The van der Waals surface area contributed by atoms with E-state index in [-0.39, 0.29) is 5.41 Å². The number of hydrogen-bond acceptors (Lipinski definition) is 3. The van der Waals surface area contributed by atoms with Crippen LogP contribution in [0.2, 0.25) is 0 Å². The van der Waals surface area contributed by atoms with Crippen LogP contribution in [0.3, 0.4) is 0 Å². The molecule has 0 saturated carbocycles. The van der Waals surface area contributed by atoms with Gasteiger partial charge in [0.2, 0.25) is 0 Å². The molecule has 0 bridgehead atoms. The molecule has 0 radical (unpaired) electrons. The fraction of sp³-hybridized carbons (Fsp3) is 0.0577. The van der Waals surface area contributed by atoms with Crippen molar-refractivity contribution in [3.8, 4) is 67.3 Å². The number of hydrogen-bond donors (Lipinski definition) is 0. The third kappa shape index (κ3) is 5.01. The summed E-state index contributed by atoms with van der Waals surface area (Å²) in [6, 6.07) is 59.2. The van der Waals surface area contributed by atoms with Gasteiger partial charge in [-0.2, -0.15) is 0 Å². The molecule has 3 nitrogen and oxygen atoms in total. The summed E-state index contributed by atoms with van der Waals surface area (Å²) in [5.74, 6) is 0.714. The van der Waals surface area contributed by atoms with E-state index in [1.54, 1.807) is 6.20 Å². The van der Waals surface area contributed by atoms with Crippen molar-refractivity contribution in [2.24, 2.45) is 0 Å². The first-order chi connectivity index (χ1) is 27.0. The molecule has 0 unspecified atom stereocenters. The Hall–Kier alpha value is -6.97. The van der Waals surface area contributed by atoms with Gasteiger partial charge in [-0.05, 0) is 101 Å². The second-order valence-electron chi connectivity index (χ2n) is 15.3. The Labute approximate surface area is 320 Å². The van der Waals surface area contributed by atoms with E-state index < -0.39 is 0 Å². The Morgan fingerprint density at radius 2 is 0.982 bits per heavy atom. The van der Waals surface area contributed by atoms with Crippen LogP contribution in [0.15, 0.2) is 176 Å². The van der Waals surface area contributed by atoms with Crippen molar-refractivity contribution in [3.05, 3.63) is 187 Å². The quantitative estimate of drug-likeness (QED) is 0.168. The maximum Gasteiger partial charge on any atom is 0.161 e. The number of benzene rings is 8. The molecule has 3 heteroatoms. The van der Waals surface area contributed by atoms with Crippen molar-refractivity contribution >= 4 is 32.3 Å². The van der Waals surface area contributed by atoms with Gasteiger partial charge in [-0.25, -0.2) is 9.97 Å². The van der Waals surface area contributed by atoms with Crippen LogP contribution in [0, 0.1) is 0 Å². The molecule has 10 aromatic rings. The summed E-state index contributed by atoms with van der Waals surface area (Å²) in [6.45, 7) is 4.67. The van der Waals surface area contributed by atoms with E-state index in [4.69, 9.17) is 9.97 Å². The second kappa shape index (κ2) is 12.0. The molecule has 2 aromatic heterocycles. The highest BCUT2D eigenvalue weighted by molar-refractivity contribution is 6.25. The minimum Gasteiger partial charge on any atom is -0.264 e. The standard InChI is InChI=1S/C52H35N3/c1-52(2)45-11-4-3-10-41(45)42-25-24-39(29-46(42)52)32-12-16-34(17-13-32)47-30-48(35-18-14-33(15-19-35)40-9-6-28-53-31-40)55-51(54-47)44-27-23-38-21-20-36-7-5-8-37-22-26-43(44)50(38)49(36)37/h3-31H,1-2H3. The summed E-state index contributed by atoms with van der Waals surface area (Å²) in [6.07, 6.45) is 3.70. The summed E-state index contributed by atoms with van der Waals surface area (Å²) >= 11 is 0. The highest BCUT2D eigenvalue weighted by Gasteiger charge is 2.35. The molecule has 258 valence electrons. The van der Waals surface area contributed by atoms with Gasteiger partial charge >= 0.3 is 0 Å². The van der Waals surface area contributed by atoms with Gasteiger partial charge in [0.1, 0.15) is 0 Å². The zero-order valence-corrected chi connectivity index (χ0v) is 30.6. The first kappa shape index (κ1) is 31.5. The zero-order chi connectivity index (χ0) is 36.7. The van der Waals surface area contributed by atoms with E-state index in [1.165, 1.54) is 60.3 Å². The Morgan fingerprint density at radius 1 is 0.400 bits per heavy atom. The fourth-order valence-corrected chi connectivity index (χ4v) is 8.88.